The Morgan fingerprint density at radius 2 is 2.00 bits per heavy atom. The highest BCUT2D eigenvalue weighted by molar-refractivity contribution is 5.76. The van der Waals surface area contributed by atoms with Gasteiger partial charge in [0.25, 0.3) is 0 Å². The second kappa shape index (κ2) is 6.26. The number of rotatable bonds is 3. The van der Waals surface area contributed by atoms with Crippen molar-refractivity contribution in [2.75, 3.05) is 18.4 Å². The Morgan fingerprint density at radius 1 is 1.15 bits per heavy atom. The van der Waals surface area contributed by atoms with Crippen molar-refractivity contribution in [2.24, 2.45) is 0 Å². The van der Waals surface area contributed by atoms with Crippen LogP contribution >= 0.6 is 0 Å². The smallest absolute Gasteiger partial charge is 0.224 e. The molecule has 2 aliphatic heterocycles. The van der Waals surface area contributed by atoms with Crippen molar-refractivity contribution in [1.29, 1.82) is 0 Å². The van der Waals surface area contributed by atoms with E-state index < -0.39 is 0 Å². The summed E-state index contributed by atoms with van der Waals surface area (Å²) in [6.45, 7) is 2.10. The monoisotopic (exact) mass is 362 g/mol. The van der Waals surface area contributed by atoms with E-state index in [-0.39, 0.29) is 11.4 Å². The number of aromatic nitrogens is 4. The SMILES string of the molecule is O=C(CCn1cncn1)N1CCC2(CC1)Nc1ccccc1-n1cccc12. The van der Waals surface area contributed by atoms with E-state index in [0.717, 1.165) is 31.6 Å². The van der Waals surface area contributed by atoms with E-state index in [1.165, 1.54) is 17.7 Å². The molecule has 7 heteroatoms. The molecule has 138 valence electrons. The fourth-order valence-corrected chi connectivity index (χ4v) is 4.33. The molecular formula is C20H22N6O. The zero-order valence-corrected chi connectivity index (χ0v) is 15.1. The molecule has 1 saturated heterocycles. The highest BCUT2D eigenvalue weighted by Gasteiger charge is 2.42. The molecule has 0 bridgehead atoms. The molecule has 3 aromatic rings. The summed E-state index contributed by atoms with van der Waals surface area (Å²) in [6.07, 6.45) is 7.54. The van der Waals surface area contributed by atoms with Crippen LogP contribution in [0.25, 0.3) is 5.69 Å². The summed E-state index contributed by atoms with van der Waals surface area (Å²) in [4.78, 5) is 18.5. The minimum absolute atomic E-state index is 0.111. The number of nitrogens with one attached hydrogen (secondary N) is 1. The van der Waals surface area contributed by atoms with Gasteiger partial charge >= 0.3 is 0 Å². The number of para-hydroxylation sites is 2. The van der Waals surface area contributed by atoms with Crippen LogP contribution in [0.3, 0.4) is 0 Å². The quantitative estimate of drug-likeness (QED) is 0.777. The first kappa shape index (κ1) is 16.1. The average Bonchev–Trinajstić information content (AvgIpc) is 3.39. The number of amides is 1. The zero-order valence-electron chi connectivity index (χ0n) is 15.1. The van der Waals surface area contributed by atoms with Gasteiger partial charge in [-0.3, -0.25) is 9.48 Å². The number of hydrogen-bond donors (Lipinski definition) is 1. The van der Waals surface area contributed by atoms with E-state index in [1.807, 2.05) is 4.90 Å². The van der Waals surface area contributed by atoms with Crippen LogP contribution in [0.1, 0.15) is 25.0 Å². The van der Waals surface area contributed by atoms with E-state index in [1.54, 1.807) is 11.0 Å². The number of piperidine rings is 1. The molecule has 0 saturated carbocycles. The molecule has 1 N–H and O–H groups in total. The number of anilines is 1. The van der Waals surface area contributed by atoms with Crippen molar-refractivity contribution in [3.8, 4) is 5.69 Å². The molecule has 1 amide bonds. The van der Waals surface area contributed by atoms with Gasteiger partial charge in [-0.05, 0) is 37.1 Å². The molecule has 0 atom stereocenters. The van der Waals surface area contributed by atoms with Gasteiger partial charge in [0.2, 0.25) is 5.91 Å². The summed E-state index contributed by atoms with van der Waals surface area (Å²) in [5, 5.41) is 7.85. The molecule has 5 rings (SSSR count). The summed E-state index contributed by atoms with van der Waals surface area (Å²) in [5.74, 6) is 0.187. The van der Waals surface area contributed by atoms with E-state index in [0.29, 0.717) is 13.0 Å². The number of carbonyl (C=O) groups is 1. The molecule has 2 aromatic heterocycles. The number of aryl methyl sites for hydroxylation is 1. The van der Waals surface area contributed by atoms with Gasteiger partial charge in [0.1, 0.15) is 12.7 Å². The van der Waals surface area contributed by atoms with Crippen LogP contribution in [0.15, 0.2) is 55.2 Å². The van der Waals surface area contributed by atoms with E-state index >= 15 is 0 Å². The predicted octanol–water partition coefficient (Wildman–Crippen LogP) is 2.40. The molecular weight excluding hydrogens is 340 g/mol. The van der Waals surface area contributed by atoms with Gasteiger partial charge in [-0.25, -0.2) is 4.98 Å². The third-order valence-corrected chi connectivity index (χ3v) is 5.77. The van der Waals surface area contributed by atoms with Gasteiger partial charge in [-0.15, -0.1) is 0 Å². The Hall–Kier alpha value is -3.09. The third kappa shape index (κ3) is 2.70. The largest absolute Gasteiger partial charge is 0.372 e. The lowest BCUT2D eigenvalue weighted by Crippen LogP contribution is -2.51. The van der Waals surface area contributed by atoms with Crippen LogP contribution < -0.4 is 5.32 Å². The van der Waals surface area contributed by atoms with Crippen LogP contribution in [0.4, 0.5) is 5.69 Å². The fourth-order valence-electron chi connectivity index (χ4n) is 4.33. The van der Waals surface area contributed by atoms with Crippen LogP contribution in [0.2, 0.25) is 0 Å². The van der Waals surface area contributed by atoms with Gasteiger partial charge in [-0.1, -0.05) is 12.1 Å². The highest BCUT2D eigenvalue weighted by Crippen LogP contribution is 2.43. The number of nitrogens with zero attached hydrogens (tertiary/aromatic N) is 5. The number of hydrogen-bond acceptors (Lipinski definition) is 4. The van der Waals surface area contributed by atoms with Gasteiger partial charge in [0.05, 0.1) is 23.5 Å². The topological polar surface area (TPSA) is 68.0 Å². The van der Waals surface area contributed by atoms with E-state index in [4.69, 9.17) is 0 Å². The van der Waals surface area contributed by atoms with Crippen molar-refractivity contribution >= 4 is 11.6 Å². The Kier molecular flexibility index (Phi) is 3.74. The second-order valence-corrected chi connectivity index (χ2v) is 7.28. The number of fused-ring (bicyclic) bond motifs is 4. The highest BCUT2D eigenvalue weighted by atomic mass is 16.2. The lowest BCUT2D eigenvalue weighted by Gasteiger charge is -2.46. The van der Waals surface area contributed by atoms with Crippen LogP contribution in [-0.2, 0) is 16.9 Å². The lowest BCUT2D eigenvalue weighted by atomic mass is 9.82. The first-order chi connectivity index (χ1) is 13.3. The summed E-state index contributed by atoms with van der Waals surface area (Å²) < 4.78 is 3.99. The molecule has 1 fully saturated rings. The first-order valence-corrected chi connectivity index (χ1v) is 9.41. The van der Waals surface area contributed by atoms with Gasteiger partial charge < -0.3 is 14.8 Å². The van der Waals surface area contributed by atoms with Gasteiger partial charge in [0, 0.05) is 31.4 Å². The van der Waals surface area contributed by atoms with Crippen molar-refractivity contribution in [3.63, 3.8) is 0 Å². The average molecular weight is 362 g/mol. The number of benzene rings is 1. The Bertz CT molecular complexity index is 953. The third-order valence-electron chi connectivity index (χ3n) is 5.77. The van der Waals surface area contributed by atoms with Crippen LogP contribution in [0, 0.1) is 0 Å². The van der Waals surface area contributed by atoms with Gasteiger partial charge in [0.15, 0.2) is 0 Å². The van der Waals surface area contributed by atoms with Gasteiger partial charge in [-0.2, -0.15) is 5.10 Å². The molecule has 0 aliphatic carbocycles. The summed E-state index contributed by atoms with van der Waals surface area (Å²) in [7, 11) is 0. The predicted molar refractivity (Wildman–Crippen MR) is 102 cm³/mol. The van der Waals surface area contributed by atoms with Crippen molar-refractivity contribution in [3.05, 3.63) is 60.9 Å². The van der Waals surface area contributed by atoms with E-state index in [2.05, 4.69) is 62.6 Å². The number of carbonyl (C=O) groups excluding carboxylic acids is 1. The summed E-state index contributed by atoms with van der Waals surface area (Å²) in [6, 6.07) is 12.7. The minimum Gasteiger partial charge on any atom is -0.372 e. The van der Waals surface area contributed by atoms with Crippen molar-refractivity contribution < 1.29 is 4.79 Å². The maximum Gasteiger partial charge on any atom is 0.224 e. The van der Waals surface area contributed by atoms with Crippen LogP contribution in [0.5, 0.6) is 0 Å². The summed E-state index contributed by atoms with van der Waals surface area (Å²) >= 11 is 0. The normalized spacial score (nSPS) is 17.3. The maximum atomic E-state index is 12.6. The minimum atomic E-state index is -0.111. The van der Waals surface area contributed by atoms with Crippen molar-refractivity contribution in [1.82, 2.24) is 24.2 Å². The molecule has 4 heterocycles. The number of likely N-dealkylation sites (tertiary alicyclic amines) is 1. The Labute approximate surface area is 157 Å². The lowest BCUT2D eigenvalue weighted by molar-refractivity contribution is -0.133. The molecule has 7 nitrogen and oxygen atoms in total. The molecule has 1 aromatic carbocycles. The molecule has 2 aliphatic rings. The van der Waals surface area contributed by atoms with Crippen LogP contribution in [-0.4, -0.2) is 43.2 Å². The fraction of sp³-hybridized carbons (Fsp3) is 0.350. The van der Waals surface area contributed by atoms with E-state index in [9.17, 15) is 4.79 Å². The summed E-state index contributed by atoms with van der Waals surface area (Å²) in [5.41, 5.74) is 3.53. The molecule has 0 unspecified atom stereocenters. The molecule has 0 radical (unpaired) electrons. The molecule has 27 heavy (non-hydrogen) atoms. The molecule has 1 spiro atoms. The zero-order chi connectivity index (χ0) is 18.3. The second-order valence-electron chi connectivity index (χ2n) is 7.28. The van der Waals surface area contributed by atoms with Crippen molar-refractivity contribution in [2.45, 2.75) is 31.3 Å². The maximum absolute atomic E-state index is 12.6. The standard InChI is InChI=1S/C20H22N6O/c27-19(7-11-25-15-21-14-22-25)24-12-8-20(9-13-24)18-6-3-10-26(18)17-5-2-1-4-16(17)23-20/h1-6,10,14-15,23H,7-9,11-13H2. The Morgan fingerprint density at radius 3 is 2.81 bits per heavy atom. The Balaban J connectivity index is 1.31. The first-order valence-electron chi connectivity index (χ1n) is 9.41.